The highest BCUT2D eigenvalue weighted by Crippen LogP contribution is 2.18. The lowest BCUT2D eigenvalue weighted by atomic mass is 10.1. The molecule has 3 N–H and O–H groups in total. The van der Waals surface area contributed by atoms with Crippen molar-refractivity contribution in [1.29, 1.82) is 0 Å². The summed E-state index contributed by atoms with van der Waals surface area (Å²) in [5, 5.41) is 13.4. The molecule has 1 aromatic heterocycles. The Kier molecular flexibility index (Phi) is 2.84. The number of rotatable bonds is 2. The lowest BCUT2D eigenvalue weighted by Crippen LogP contribution is -2.32. The van der Waals surface area contributed by atoms with Crippen molar-refractivity contribution in [2.45, 2.75) is 26.3 Å². The standard InChI is InChI=1S/C8H12N4O4/c1-8(2,3)11-5-4(12(15)16)6(13)10-7(14)9-5/h1-3H3,(H3,9,10,11,13,14). The molecule has 8 heteroatoms. The summed E-state index contributed by atoms with van der Waals surface area (Å²) in [5.74, 6) is -0.189. The predicted octanol–water partition coefficient (Wildman–Crippen LogP) is 0.182. The van der Waals surface area contributed by atoms with E-state index in [1.807, 2.05) is 0 Å². The molecular weight excluding hydrogens is 216 g/mol. The van der Waals surface area contributed by atoms with Crippen molar-refractivity contribution < 1.29 is 4.92 Å². The Balaban J connectivity index is 3.42. The molecule has 0 unspecified atom stereocenters. The molecule has 0 amide bonds. The van der Waals surface area contributed by atoms with Gasteiger partial charge in [-0.25, -0.2) is 4.79 Å². The van der Waals surface area contributed by atoms with E-state index < -0.39 is 27.4 Å². The van der Waals surface area contributed by atoms with Crippen molar-refractivity contribution in [3.05, 3.63) is 31.0 Å². The third-order valence-electron chi connectivity index (χ3n) is 1.60. The van der Waals surface area contributed by atoms with Gasteiger partial charge >= 0.3 is 16.9 Å². The van der Waals surface area contributed by atoms with Crippen LogP contribution in [-0.4, -0.2) is 20.4 Å². The van der Waals surface area contributed by atoms with Gasteiger partial charge in [-0.2, -0.15) is 0 Å². The van der Waals surface area contributed by atoms with Crippen LogP contribution in [-0.2, 0) is 0 Å². The van der Waals surface area contributed by atoms with Crippen LogP contribution in [0.2, 0.25) is 0 Å². The maximum Gasteiger partial charge on any atom is 0.373 e. The van der Waals surface area contributed by atoms with Crippen molar-refractivity contribution in [3.63, 3.8) is 0 Å². The maximum absolute atomic E-state index is 11.2. The van der Waals surface area contributed by atoms with Crippen LogP contribution in [0.5, 0.6) is 0 Å². The van der Waals surface area contributed by atoms with Crippen LogP contribution >= 0.6 is 0 Å². The number of aromatic nitrogens is 2. The Bertz CT molecular complexity index is 522. The van der Waals surface area contributed by atoms with Crippen LogP contribution in [0.3, 0.4) is 0 Å². The van der Waals surface area contributed by atoms with E-state index in [-0.39, 0.29) is 5.82 Å². The zero-order valence-corrected chi connectivity index (χ0v) is 9.08. The van der Waals surface area contributed by atoms with Gasteiger partial charge in [-0.3, -0.25) is 24.9 Å². The molecule has 0 saturated heterocycles. The van der Waals surface area contributed by atoms with E-state index in [1.54, 1.807) is 25.8 Å². The first-order valence-electron chi connectivity index (χ1n) is 4.50. The van der Waals surface area contributed by atoms with Gasteiger partial charge in [0.05, 0.1) is 4.92 Å². The van der Waals surface area contributed by atoms with Crippen molar-refractivity contribution in [3.8, 4) is 0 Å². The van der Waals surface area contributed by atoms with Gasteiger partial charge in [0.2, 0.25) is 0 Å². The smallest absolute Gasteiger partial charge is 0.361 e. The van der Waals surface area contributed by atoms with Gasteiger partial charge in [-0.05, 0) is 20.8 Å². The molecule has 1 heterocycles. The number of nitrogens with one attached hydrogen (secondary N) is 3. The SMILES string of the molecule is CC(C)(C)Nc1[nH]c(=O)[nH]c(=O)c1[N+](=O)[O-]. The van der Waals surface area contributed by atoms with Crippen LogP contribution in [0, 0.1) is 10.1 Å². The number of nitro groups is 1. The molecule has 1 aromatic rings. The van der Waals surface area contributed by atoms with E-state index in [0.717, 1.165) is 0 Å². The number of anilines is 1. The molecule has 0 aliphatic rings. The number of nitrogens with zero attached hydrogens (tertiary/aromatic N) is 1. The van der Waals surface area contributed by atoms with Crippen molar-refractivity contribution >= 4 is 11.5 Å². The van der Waals surface area contributed by atoms with E-state index in [9.17, 15) is 19.7 Å². The summed E-state index contributed by atoms with van der Waals surface area (Å²) in [6.45, 7) is 5.24. The number of hydrogen-bond donors (Lipinski definition) is 3. The van der Waals surface area contributed by atoms with Crippen LogP contribution in [0.1, 0.15) is 20.8 Å². The van der Waals surface area contributed by atoms with Gasteiger partial charge in [0.1, 0.15) is 0 Å². The molecule has 0 radical (unpaired) electrons. The summed E-state index contributed by atoms with van der Waals surface area (Å²) in [6, 6.07) is 0. The Labute approximate surface area is 89.9 Å². The van der Waals surface area contributed by atoms with Gasteiger partial charge < -0.3 is 5.32 Å². The first-order chi connectivity index (χ1) is 7.20. The van der Waals surface area contributed by atoms with Crippen LogP contribution < -0.4 is 16.6 Å². The second-order valence-corrected chi connectivity index (χ2v) is 4.26. The highest BCUT2D eigenvalue weighted by Gasteiger charge is 2.24. The first kappa shape index (κ1) is 12.0. The summed E-state index contributed by atoms with van der Waals surface area (Å²) < 4.78 is 0. The lowest BCUT2D eigenvalue weighted by molar-refractivity contribution is -0.385. The third-order valence-corrected chi connectivity index (χ3v) is 1.60. The fourth-order valence-corrected chi connectivity index (χ4v) is 1.12. The molecular formula is C8H12N4O4. The molecule has 16 heavy (non-hydrogen) atoms. The summed E-state index contributed by atoms with van der Waals surface area (Å²) in [4.78, 5) is 36.0. The zero-order chi connectivity index (χ0) is 12.5. The second-order valence-electron chi connectivity index (χ2n) is 4.26. The molecule has 1 rings (SSSR count). The fraction of sp³-hybridized carbons (Fsp3) is 0.500. The molecule has 0 aromatic carbocycles. The predicted molar refractivity (Wildman–Crippen MR) is 57.7 cm³/mol. The van der Waals surface area contributed by atoms with Gasteiger partial charge in [0.25, 0.3) is 0 Å². The van der Waals surface area contributed by atoms with Gasteiger partial charge in [0.15, 0.2) is 5.82 Å². The molecule has 0 aliphatic heterocycles. The number of H-pyrrole nitrogens is 2. The molecule has 0 saturated carbocycles. The average molecular weight is 228 g/mol. The maximum atomic E-state index is 11.2. The van der Waals surface area contributed by atoms with Crippen molar-refractivity contribution in [2.24, 2.45) is 0 Å². The third kappa shape index (κ3) is 2.69. The van der Waals surface area contributed by atoms with E-state index in [1.165, 1.54) is 0 Å². The monoisotopic (exact) mass is 228 g/mol. The van der Waals surface area contributed by atoms with Crippen molar-refractivity contribution in [1.82, 2.24) is 9.97 Å². The number of aromatic amines is 2. The minimum absolute atomic E-state index is 0.189. The summed E-state index contributed by atoms with van der Waals surface area (Å²) >= 11 is 0. The highest BCUT2D eigenvalue weighted by atomic mass is 16.6. The lowest BCUT2D eigenvalue weighted by Gasteiger charge is -2.20. The summed E-state index contributed by atoms with van der Waals surface area (Å²) in [7, 11) is 0. The van der Waals surface area contributed by atoms with E-state index in [2.05, 4.69) is 10.3 Å². The van der Waals surface area contributed by atoms with E-state index in [0.29, 0.717) is 0 Å². The highest BCUT2D eigenvalue weighted by molar-refractivity contribution is 5.54. The Hall–Kier alpha value is -2.12. The molecule has 0 atom stereocenters. The molecule has 8 nitrogen and oxygen atoms in total. The largest absolute Gasteiger partial charge is 0.373 e. The zero-order valence-electron chi connectivity index (χ0n) is 9.08. The van der Waals surface area contributed by atoms with Gasteiger partial charge in [-0.15, -0.1) is 0 Å². The van der Waals surface area contributed by atoms with Crippen LogP contribution in [0.4, 0.5) is 11.5 Å². The molecule has 88 valence electrons. The Morgan fingerprint density at radius 3 is 2.25 bits per heavy atom. The Morgan fingerprint density at radius 1 is 1.25 bits per heavy atom. The van der Waals surface area contributed by atoms with E-state index in [4.69, 9.17) is 0 Å². The number of hydrogen-bond acceptors (Lipinski definition) is 5. The van der Waals surface area contributed by atoms with Crippen LogP contribution in [0.15, 0.2) is 9.59 Å². The van der Waals surface area contributed by atoms with Gasteiger partial charge in [0, 0.05) is 5.54 Å². The molecule has 0 bridgehead atoms. The summed E-state index contributed by atoms with van der Waals surface area (Å²) in [5.41, 5.74) is -3.03. The summed E-state index contributed by atoms with van der Waals surface area (Å²) in [6.07, 6.45) is 0. The quantitative estimate of drug-likeness (QED) is 0.492. The molecule has 0 spiro atoms. The normalized spacial score (nSPS) is 11.2. The second kappa shape index (κ2) is 3.80. The van der Waals surface area contributed by atoms with Crippen LogP contribution in [0.25, 0.3) is 0 Å². The minimum atomic E-state index is -1.03. The topological polar surface area (TPSA) is 121 Å². The Morgan fingerprint density at radius 2 is 1.81 bits per heavy atom. The van der Waals surface area contributed by atoms with Gasteiger partial charge in [-0.1, -0.05) is 0 Å². The van der Waals surface area contributed by atoms with Crippen molar-refractivity contribution in [2.75, 3.05) is 5.32 Å². The minimum Gasteiger partial charge on any atom is -0.361 e. The average Bonchev–Trinajstić information content (AvgIpc) is 1.96. The van der Waals surface area contributed by atoms with E-state index >= 15 is 0 Å². The molecule has 0 fully saturated rings. The fourth-order valence-electron chi connectivity index (χ4n) is 1.12. The first-order valence-corrected chi connectivity index (χ1v) is 4.50. The molecule has 0 aliphatic carbocycles.